The van der Waals surface area contributed by atoms with Crippen LogP contribution in [0.2, 0.25) is 5.02 Å². The third kappa shape index (κ3) is 4.38. The molecule has 1 amide bonds. The molecule has 8 heteroatoms. The van der Waals surface area contributed by atoms with Crippen LogP contribution in [0.4, 0.5) is 5.69 Å². The number of hydrogen-bond donors (Lipinski definition) is 2. The standard InChI is InChI=1S/C20H21ClN2O4S/c1-3-4-10-22-28(25,26)16-7-5-6-15(12-16)23-20(24)19-13(2)17-11-14(21)8-9-18(17)27-19/h5-9,11-12,22H,3-4,10H2,1-2H3,(H,23,24). The van der Waals surface area contributed by atoms with Gasteiger partial charge in [0, 0.05) is 28.2 Å². The molecule has 0 radical (unpaired) electrons. The predicted octanol–water partition coefficient (Wildman–Crippen LogP) is 4.73. The number of unbranched alkanes of at least 4 members (excludes halogenated alkanes) is 1. The van der Waals surface area contributed by atoms with Crippen molar-refractivity contribution < 1.29 is 17.6 Å². The number of benzene rings is 2. The Morgan fingerprint density at radius 1 is 1.18 bits per heavy atom. The maximum absolute atomic E-state index is 12.7. The lowest BCUT2D eigenvalue weighted by Crippen LogP contribution is -2.24. The number of halogens is 1. The van der Waals surface area contributed by atoms with E-state index in [4.69, 9.17) is 16.0 Å². The van der Waals surface area contributed by atoms with Crippen LogP contribution in [-0.4, -0.2) is 20.9 Å². The van der Waals surface area contributed by atoms with Crippen molar-refractivity contribution in [1.82, 2.24) is 4.72 Å². The summed E-state index contributed by atoms with van der Waals surface area (Å²) in [5.74, 6) is -0.301. The van der Waals surface area contributed by atoms with E-state index in [1.54, 1.807) is 37.3 Å². The van der Waals surface area contributed by atoms with Crippen LogP contribution in [0.5, 0.6) is 0 Å². The summed E-state index contributed by atoms with van der Waals surface area (Å²) in [5.41, 5.74) is 1.59. The van der Waals surface area contributed by atoms with Crippen molar-refractivity contribution in [2.75, 3.05) is 11.9 Å². The zero-order valence-electron chi connectivity index (χ0n) is 15.6. The molecule has 0 saturated heterocycles. The Kier molecular flexibility index (Phi) is 6.07. The van der Waals surface area contributed by atoms with Crippen LogP contribution in [0, 0.1) is 6.92 Å². The number of nitrogens with one attached hydrogen (secondary N) is 2. The number of amides is 1. The lowest BCUT2D eigenvalue weighted by molar-refractivity contribution is 0.0998. The van der Waals surface area contributed by atoms with Crippen molar-refractivity contribution in [1.29, 1.82) is 0 Å². The summed E-state index contributed by atoms with van der Waals surface area (Å²) in [5, 5.41) is 4.01. The zero-order valence-corrected chi connectivity index (χ0v) is 17.2. The van der Waals surface area contributed by atoms with Gasteiger partial charge in [-0.15, -0.1) is 0 Å². The maximum Gasteiger partial charge on any atom is 0.291 e. The number of furan rings is 1. The fourth-order valence-corrected chi connectivity index (χ4v) is 4.10. The molecule has 0 bridgehead atoms. The van der Waals surface area contributed by atoms with E-state index in [2.05, 4.69) is 10.0 Å². The van der Waals surface area contributed by atoms with E-state index < -0.39 is 15.9 Å². The molecule has 0 fully saturated rings. The second-order valence-electron chi connectivity index (χ2n) is 6.43. The van der Waals surface area contributed by atoms with Crippen LogP contribution in [0.1, 0.15) is 35.9 Å². The van der Waals surface area contributed by atoms with Gasteiger partial charge in [-0.1, -0.05) is 31.0 Å². The van der Waals surface area contributed by atoms with E-state index in [1.807, 2.05) is 6.92 Å². The smallest absolute Gasteiger partial charge is 0.291 e. The number of rotatable bonds is 7. The highest BCUT2D eigenvalue weighted by atomic mass is 35.5. The lowest BCUT2D eigenvalue weighted by atomic mass is 10.1. The highest BCUT2D eigenvalue weighted by Gasteiger charge is 2.19. The van der Waals surface area contributed by atoms with Gasteiger partial charge in [0.25, 0.3) is 5.91 Å². The van der Waals surface area contributed by atoms with Crippen LogP contribution < -0.4 is 10.0 Å². The van der Waals surface area contributed by atoms with Gasteiger partial charge in [-0.05, 0) is 49.7 Å². The first-order chi connectivity index (χ1) is 13.3. The first-order valence-corrected chi connectivity index (χ1v) is 10.8. The average molecular weight is 421 g/mol. The van der Waals surface area contributed by atoms with E-state index in [1.165, 1.54) is 12.1 Å². The quantitative estimate of drug-likeness (QED) is 0.541. The summed E-state index contributed by atoms with van der Waals surface area (Å²) in [6.45, 7) is 4.13. The zero-order chi connectivity index (χ0) is 20.3. The van der Waals surface area contributed by atoms with Crippen LogP contribution >= 0.6 is 11.6 Å². The molecule has 0 aliphatic carbocycles. The first kappa shape index (κ1) is 20.4. The van der Waals surface area contributed by atoms with Crippen molar-refractivity contribution >= 4 is 44.2 Å². The largest absolute Gasteiger partial charge is 0.451 e. The van der Waals surface area contributed by atoms with Gasteiger partial charge in [0.2, 0.25) is 10.0 Å². The number of aryl methyl sites for hydroxylation is 1. The van der Waals surface area contributed by atoms with E-state index >= 15 is 0 Å². The SMILES string of the molecule is CCCCNS(=O)(=O)c1cccc(NC(=O)c2oc3ccc(Cl)cc3c2C)c1. The average Bonchev–Trinajstić information content (AvgIpc) is 2.98. The molecule has 0 aliphatic heterocycles. The highest BCUT2D eigenvalue weighted by molar-refractivity contribution is 7.89. The fourth-order valence-electron chi connectivity index (χ4n) is 2.81. The summed E-state index contributed by atoms with van der Waals surface area (Å²) >= 11 is 6.01. The van der Waals surface area contributed by atoms with Crippen LogP contribution in [0.15, 0.2) is 51.8 Å². The fraction of sp³-hybridized carbons (Fsp3) is 0.250. The van der Waals surface area contributed by atoms with Gasteiger partial charge in [-0.3, -0.25) is 4.79 Å². The Balaban J connectivity index is 1.83. The Hall–Kier alpha value is -2.35. The first-order valence-electron chi connectivity index (χ1n) is 8.91. The molecule has 3 aromatic rings. The molecule has 2 N–H and O–H groups in total. The second kappa shape index (κ2) is 8.34. The minimum absolute atomic E-state index is 0.0921. The van der Waals surface area contributed by atoms with Crippen molar-refractivity contribution in [3.63, 3.8) is 0 Å². The van der Waals surface area contributed by atoms with Crippen LogP contribution in [-0.2, 0) is 10.0 Å². The van der Waals surface area contributed by atoms with Gasteiger partial charge in [0.05, 0.1) is 4.90 Å². The Labute approximate surface area is 168 Å². The monoisotopic (exact) mass is 420 g/mol. The number of hydrogen-bond acceptors (Lipinski definition) is 4. The second-order valence-corrected chi connectivity index (χ2v) is 8.63. The lowest BCUT2D eigenvalue weighted by Gasteiger charge is -2.09. The third-order valence-electron chi connectivity index (χ3n) is 4.33. The summed E-state index contributed by atoms with van der Waals surface area (Å²) < 4.78 is 32.9. The molecule has 3 rings (SSSR count). The van der Waals surface area contributed by atoms with Crippen molar-refractivity contribution in [3.05, 3.63) is 58.8 Å². The van der Waals surface area contributed by atoms with Crippen LogP contribution in [0.3, 0.4) is 0 Å². The van der Waals surface area contributed by atoms with Crippen LogP contribution in [0.25, 0.3) is 11.0 Å². The number of carbonyl (C=O) groups excluding carboxylic acids is 1. The molecule has 0 atom stereocenters. The molecule has 6 nitrogen and oxygen atoms in total. The van der Waals surface area contributed by atoms with E-state index in [9.17, 15) is 13.2 Å². The van der Waals surface area contributed by atoms with E-state index in [0.717, 1.165) is 18.2 Å². The van der Waals surface area contributed by atoms with Gasteiger partial charge in [0.15, 0.2) is 5.76 Å². The molecular weight excluding hydrogens is 400 g/mol. The molecule has 0 spiro atoms. The summed E-state index contributed by atoms with van der Waals surface area (Å²) in [6, 6.07) is 11.2. The Bertz CT molecular complexity index is 1120. The molecule has 2 aromatic carbocycles. The van der Waals surface area contributed by atoms with Gasteiger partial charge in [-0.25, -0.2) is 13.1 Å². The molecule has 0 aliphatic rings. The summed E-state index contributed by atoms with van der Waals surface area (Å²) in [7, 11) is -3.63. The minimum atomic E-state index is -3.63. The Morgan fingerprint density at radius 3 is 2.71 bits per heavy atom. The predicted molar refractivity (Wildman–Crippen MR) is 110 cm³/mol. The topological polar surface area (TPSA) is 88.4 Å². The van der Waals surface area contributed by atoms with Crippen molar-refractivity contribution in [2.45, 2.75) is 31.6 Å². The van der Waals surface area contributed by atoms with Crippen molar-refractivity contribution in [3.8, 4) is 0 Å². The Morgan fingerprint density at radius 2 is 1.96 bits per heavy atom. The molecule has 1 heterocycles. The van der Waals surface area contributed by atoms with Gasteiger partial charge in [-0.2, -0.15) is 0 Å². The summed E-state index contributed by atoms with van der Waals surface area (Å²) in [4.78, 5) is 12.8. The summed E-state index contributed by atoms with van der Waals surface area (Å²) in [6.07, 6.45) is 1.64. The normalized spacial score (nSPS) is 11.7. The molecular formula is C20H21ClN2O4S. The van der Waals surface area contributed by atoms with Crippen molar-refractivity contribution in [2.24, 2.45) is 0 Å². The number of carbonyl (C=O) groups is 1. The molecule has 148 valence electrons. The number of fused-ring (bicyclic) bond motifs is 1. The van der Waals surface area contributed by atoms with Gasteiger partial charge < -0.3 is 9.73 Å². The molecule has 0 unspecified atom stereocenters. The van der Waals surface area contributed by atoms with E-state index in [0.29, 0.717) is 28.4 Å². The highest BCUT2D eigenvalue weighted by Crippen LogP contribution is 2.28. The molecule has 28 heavy (non-hydrogen) atoms. The molecule has 0 saturated carbocycles. The van der Waals surface area contributed by atoms with E-state index in [-0.39, 0.29) is 10.7 Å². The number of anilines is 1. The minimum Gasteiger partial charge on any atom is -0.451 e. The maximum atomic E-state index is 12.7. The van der Waals surface area contributed by atoms with Gasteiger partial charge in [0.1, 0.15) is 5.58 Å². The third-order valence-corrected chi connectivity index (χ3v) is 6.02. The number of sulfonamides is 1. The van der Waals surface area contributed by atoms with Gasteiger partial charge >= 0.3 is 0 Å². The molecule has 1 aromatic heterocycles.